The quantitative estimate of drug-likeness (QED) is 0.780. The molecule has 0 aliphatic rings. The molecule has 0 amide bonds. The molecule has 0 atom stereocenters. The lowest BCUT2D eigenvalue weighted by Crippen LogP contribution is -2.02. The van der Waals surface area contributed by atoms with Gasteiger partial charge < -0.3 is 5.73 Å². The highest BCUT2D eigenvalue weighted by Gasteiger charge is 2.05. The third-order valence-electron chi connectivity index (χ3n) is 2.92. The van der Waals surface area contributed by atoms with E-state index >= 15 is 0 Å². The van der Waals surface area contributed by atoms with E-state index in [2.05, 4.69) is 9.97 Å². The molecular formula is C14H13FN4. The lowest BCUT2D eigenvalue weighted by atomic mass is 10.1. The van der Waals surface area contributed by atoms with E-state index < -0.39 is 0 Å². The number of imidazole rings is 1. The van der Waals surface area contributed by atoms with Crippen LogP contribution in [-0.2, 0) is 6.42 Å². The summed E-state index contributed by atoms with van der Waals surface area (Å²) in [5.74, 6) is 0.371. The second kappa shape index (κ2) is 4.78. The van der Waals surface area contributed by atoms with Crippen LogP contribution in [0.15, 0.2) is 42.9 Å². The molecule has 0 spiro atoms. The van der Waals surface area contributed by atoms with E-state index in [0.717, 1.165) is 23.2 Å². The smallest absolute Gasteiger partial charge is 0.233 e. The molecule has 19 heavy (non-hydrogen) atoms. The number of nitrogens with two attached hydrogens (primary N) is 1. The van der Waals surface area contributed by atoms with Gasteiger partial charge in [-0.2, -0.15) is 0 Å². The Hall–Kier alpha value is -2.27. The molecular weight excluding hydrogens is 243 g/mol. The third kappa shape index (κ3) is 2.32. The summed E-state index contributed by atoms with van der Waals surface area (Å²) in [6.45, 7) is 0.556. The maximum atomic E-state index is 13.2. The average molecular weight is 256 g/mol. The first-order valence-electron chi connectivity index (χ1n) is 6.06. The summed E-state index contributed by atoms with van der Waals surface area (Å²) in [6.07, 6.45) is 6.21. The summed E-state index contributed by atoms with van der Waals surface area (Å²) >= 11 is 0. The third-order valence-corrected chi connectivity index (χ3v) is 2.92. The topological polar surface area (TPSA) is 56.2 Å². The number of hydrogen-bond acceptors (Lipinski definition) is 3. The van der Waals surface area contributed by atoms with Crippen molar-refractivity contribution in [2.24, 2.45) is 5.73 Å². The molecule has 0 saturated carbocycles. The van der Waals surface area contributed by atoms with Crippen molar-refractivity contribution < 1.29 is 4.39 Å². The van der Waals surface area contributed by atoms with E-state index in [0.29, 0.717) is 12.3 Å². The Morgan fingerprint density at radius 2 is 2.11 bits per heavy atom. The molecule has 4 nitrogen and oxygen atoms in total. The Morgan fingerprint density at radius 3 is 2.89 bits per heavy atom. The van der Waals surface area contributed by atoms with Gasteiger partial charge in [-0.3, -0.25) is 4.40 Å². The highest BCUT2D eigenvalue weighted by atomic mass is 19.1. The number of hydrogen-bond donors (Lipinski definition) is 1. The molecule has 0 unspecified atom stereocenters. The second-order valence-electron chi connectivity index (χ2n) is 4.33. The second-order valence-corrected chi connectivity index (χ2v) is 4.33. The first-order chi connectivity index (χ1) is 9.26. The van der Waals surface area contributed by atoms with Gasteiger partial charge in [-0.05, 0) is 24.2 Å². The Bertz CT molecular complexity index is 720. The highest BCUT2D eigenvalue weighted by Crippen LogP contribution is 2.19. The van der Waals surface area contributed by atoms with Gasteiger partial charge in [0.1, 0.15) is 5.82 Å². The van der Waals surface area contributed by atoms with Gasteiger partial charge in [0.25, 0.3) is 0 Å². The molecule has 2 heterocycles. The first kappa shape index (κ1) is 11.8. The van der Waals surface area contributed by atoms with E-state index in [-0.39, 0.29) is 5.82 Å². The molecule has 2 aromatic heterocycles. The van der Waals surface area contributed by atoms with E-state index in [4.69, 9.17) is 5.73 Å². The Labute approximate surface area is 109 Å². The molecule has 0 aliphatic heterocycles. The van der Waals surface area contributed by atoms with E-state index in [1.54, 1.807) is 12.3 Å². The zero-order valence-electron chi connectivity index (χ0n) is 10.3. The number of halogens is 1. The predicted octanol–water partition coefficient (Wildman–Crippen LogP) is 2.04. The summed E-state index contributed by atoms with van der Waals surface area (Å²) in [5.41, 5.74) is 8.06. The lowest BCUT2D eigenvalue weighted by Gasteiger charge is -2.01. The fraction of sp³-hybridized carbons (Fsp3) is 0.143. The van der Waals surface area contributed by atoms with Crippen molar-refractivity contribution in [1.82, 2.24) is 14.4 Å². The van der Waals surface area contributed by atoms with Crippen LogP contribution in [0.5, 0.6) is 0 Å². The fourth-order valence-corrected chi connectivity index (χ4v) is 2.02. The van der Waals surface area contributed by atoms with E-state index in [1.165, 1.54) is 12.1 Å². The fourth-order valence-electron chi connectivity index (χ4n) is 2.02. The Morgan fingerprint density at radius 1 is 1.21 bits per heavy atom. The van der Waals surface area contributed by atoms with Crippen LogP contribution in [0.1, 0.15) is 5.69 Å². The average Bonchev–Trinajstić information content (AvgIpc) is 2.80. The van der Waals surface area contributed by atoms with Crippen molar-refractivity contribution in [1.29, 1.82) is 0 Å². The van der Waals surface area contributed by atoms with Crippen LogP contribution in [0.4, 0.5) is 4.39 Å². The zero-order valence-corrected chi connectivity index (χ0v) is 10.3. The van der Waals surface area contributed by atoms with Crippen molar-refractivity contribution >= 4 is 5.78 Å². The van der Waals surface area contributed by atoms with Crippen molar-refractivity contribution in [2.75, 3.05) is 6.54 Å². The summed E-state index contributed by atoms with van der Waals surface area (Å²) in [5, 5.41) is 0. The first-order valence-corrected chi connectivity index (χ1v) is 6.06. The predicted molar refractivity (Wildman–Crippen MR) is 71.1 cm³/mol. The van der Waals surface area contributed by atoms with Gasteiger partial charge in [-0.25, -0.2) is 14.4 Å². The minimum Gasteiger partial charge on any atom is -0.330 e. The summed E-state index contributed by atoms with van der Waals surface area (Å²) in [4.78, 5) is 8.63. The lowest BCUT2D eigenvalue weighted by molar-refractivity contribution is 0.628. The summed E-state index contributed by atoms with van der Waals surface area (Å²) in [7, 11) is 0. The van der Waals surface area contributed by atoms with Crippen LogP contribution in [0.2, 0.25) is 0 Å². The van der Waals surface area contributed by atoms with Crippen molar-refractivity contribution in [3.63, 3.8) is 0 Å². The van der Waals surface area contributed by atoms with Crippen LogP contribution >= 0.6 is 0 Å². The van der Waals surface area contributed by atoms with Crippen molar-refractivity contribution in [2.45, 2.75) is 6.42 Å². The van der Waals surface area contributed by atoms with Crippen LogP contribution in [0, 0.1) is 5.82 Å². The molecule has 5 heteroatoms. The number of benzene rings is 1. The summed E-state index contributed by atoms with van der Waals surface area (Å²) < 4.78 is 15.1. The molecule has 1 aromatic carbocycles. The molecule has 0 bridgehead atoms. The standard InChI is InChI=1S/C14H13FN4/c15-12-3-1-2-10(6-12)11-7-17-14-18-13(4-5-16)9-19(14)8-11/h1-3,6-9H,4-5,16H2. The number of aromatic nitrogens is 3. The van der Waals surface area contributed by atoms with Crippen molar-refractivity contribution in [3.05, 3.63) is 54.4 Å². The SMILES string of the molecule is NCCc1cn2cc(-c3cccc(F)c3)cnc2n1. The number of nitrogens with zero attached hydrogens (tertiary/aromatic N) is 3. The molecule has 3 rings (SSSR count). The van der Waals surface area contributed by atoms with Crippen LogP contribution in [-0.4, -0.2) is 20.9 Å². The maximum Gasteiger partial charge on any atom is 0.233 e. The number of fused-ring (bicyclic) bond motifs is 1. The van der Waals surface area contributed by atoms with Gasteiger partial charge in [0, 0.05) is 30.6 Å². The maximum absolute atomic E-state index is 13.2. The zero-order chi connectivity index (χ0) is 13.2. The molecule has 0 saturated heterocycles. The minimum atomic E-state index is -0.257. The Kier molecular flexibility index (Phi) is 2.97. The van der Waals surface area contributed by atoms with Gasteiger partial charge in [0.15, 0.2) is 0 Å². The molecule has 0 aliphatic carbocycles. The minimum absolute atomic E-state index is 0.257. The van der Waals surface area contributed by atoms with Gasteiger partial charge in [0.2, 0.25) is 5.78 Å². The van der Waals surface area contributed by atoms with Crippen LogP contribution < -0.4 is 5.73 Å². The Balaban J connectivity index is 2.05. The highest BCUT2D eigenvalue weighted by molar-refractivity contribution is 5.62. The van der Waals surface area contributed by atoms with E-state index in [9.17, 15) is 4.39 Å². The van der Waals surface area contributed by atoms with E-state index in [1.807, 2.05) is 22.9 Å². The number of rotatable bonds is 3. The largest absolute Gasteiger partial charge is 0.330 e. The van der Waals surface area contributed by atoms with Gasteiger partial charge in [-0.15, -0.1) is 0 Å². The van der Waals surface area contributed by atoms with Gasteiger partial charge in [-0.1, -0.05) is 12.1 Å². The molecule has 96 valence electrons. The van der Waals surface area contributed by atoms with Gasteiger partial charge in [0.05, 0.1) is 5.69 Å². The molecule has 2 N–H and O–H groups in total. The monoisotopic (exact) mass is 256 g/mol. The molecule has 0 fully saturated rings. The molecule has 0 radical (unpaired) electrons. The van der Waals surface area contributed by atoms with Crippen LogP contribution in [0.25, 0.3) is 16.9 Å². The molecule has 3 aromatic rings. The summed E-state index contributed by atoms with van der Waals surface area (Å²) in [6, 6.07) is 6.44. The normalized spacial score (nSPS) is 11.1. The van der Waals surface area contributed by atoms with Crippen molar-refractivity contribution in [3.8, 4) is 11.1 Å². The van der Waals surface area contributed by atoms with Crippen LogP contribution in [0.3, 0.4) is 0 Å². The van der Waals surface area contributed by atoms with Gasteiger partial charge >= 0.3 is 0 Å².